The number of likely N-dealkylation sites (N-methyl/N-ethyl adjacent to an activating group) is 1. The van der Waals surface area contributed by atoms with Gasteiger partial charge < -0.3 is 19.8 Å². The van der Waals surface area contributed by atoms with Crippen molar-refractivity contribution in [1.82, 2.24) is 4.90 Å². The predicted molar refractivity (Wildman–Crippen MR) is 118 cm³/mol. The number of hydrogen-bond acceptors (Lipinski definition) is 6. The van der Waals surface area contributed by atoms with Crippen LogP contribution in [0.5, 0.6) is 5.75 Å². The van der Waals surface area contributed by atoms with Crippen LogP contribution in [0, 0.1) is 5.41 Å². The fraction of sp³-hybridized carbons (Fsp3) is 0.609. The van der Waals surface area contributed by atoms with Crippen LogP contribution >= 0.6 is 0 Å². The first kappa shape index (κ1) is 21.3. The van der Waals surface area contributed by atoms with Gasteiger partial charge in [0.2, 0.25) is 5.91 Å². The number of fused-ring (bicyclic) bond motifs is 1. The van der Waals surface area contributed by atoms with E-state index in [0.717, 1.165) is 30.8 Å². The zero-order chi connectivity index (χ0) is 22.9. The third-order valence-corrected chi connectivity index (χ3v) is 8.56. The molecular weight excluding hydrogens is 410 g/mol. The van der Waals surface area contributed by atoms with Crippen molar-refractivity contribution in [3.05, 3.63) is 46.4 Å². The van der Waals surface area contributed by atoms with Crippen LogP contribution in [0.25, 0.3) is 10.4 Å². The Kier molecular flexibility index (Phi) is 4.63. The summed E-state index contributed by atoms with van der Waals surface area (Å²) in [6, 6.07) is 5.37. The molecule has 1 amide bonds. The van der Waals surface area contributed by atoms with E-state index in [1.54, 1.807) is 7.11 Å². The molecule has 2 N–H and O–H groups in total. The monoisotopic (exact) mass is 439 g/mol. The zero-order valence-corrected chi connectivity index (χ0v) is 18.6. The Morgan fingerprint density at radius 3 is 2.88 bits per heavy atom. The Morgan fingerprint density at radius 1 is 1.41 bits per heavy atom. The maximum atomic E-state index is 12.5. The highest BCUT2D eigenvalue weighted by atomic mass is 16.5. The molecule has 6 atom stereocenters. The average molecular weight is 440 g/mol. The highest BCUT2D eigenvalue weighted by Gasteiger charge is 2.76. The molecule has 170 valence electrons. The van der Waals surface area contributed by atoms with Gasteiger partial charge in [-0.3, -0.25) is 9.69 Å². The standard InChI is InChI=1S/C23H29N5O4/c1-4-21-8-5-10-28-11-9-22(18(21)28)15-7-6-14(32-3)12-16(15)27(2)19(22)23(31,20(21)30)13-17(29)25-26-24/h5-8,12,18-20,30-31H,4,9-11,13H2,1-3H3/t18?,19?,20-,21-,22?,23+/m1/s1. The lowest BCUT2D eigenvalue weighted by atomic mass is 9.47. The van der Waals surface area contributed by atoms with E-state index in [-0.39, 0.29) is 6.04 Å². The highest BCUT2D eigenvalue weighted by molar-refractivity contribution is 5.79. The lowest BCUT2D eigenvalue weighted by molar-refractivity contribution is -0.202. The molecule has 3 aliphatic heterocycles. The molecule has 1 aromatic rings. The number of hydrogen-bond donors (Lipinski definition) is 2. The van der Waals surface area contributed by atoms with E-state index in [0.29, 0.717) is 12.2 Å². The lowest BCUT2D eigenvalue weighted by Gasteiger charge is -2.64. The number of aliphatic hydroxyl groups excluding tert-OH is 1. The van der Waals surface area contributed by atoms with Gasteiger partial charge in [-0.25, -0.2) is 0 Å². The lowest BCUT2D eigenvalue weighted by Crippen LogP contribution is -2.78. The molecule has 0 aromatic heterocycles. The van der Waals surface area contributed by atoms with E-state index in [1.807, 2.05) is 37.1 Å². The van der Waals surface area contributed by atoms with Gasteiger partial charge in [-0.1, -0.05) is 25.1 Å². The molecule has 2 fully saturated rings. The minimum absolute atomic E-state index is 0.0306. The van der Waals surface area contributed by atoms with Crippen molar-refractivity contribution in [3.8, 4) is 5.75 Å². The number of carbonyl (C=O) groups excluding carboxylic acids is 1. The number of rotatable bonds is 4. The third-order valence-electron chi connectivity index (χ3n) is 8.56. The Hall–Kier alpha value is -2.58. The number of carbonyl (C=O) groups is 1. The first-order chi connectivity index (χ1) is 15.3. The molecule has 3 unspecified atom stereocenters. The van der Waals surface area contributed by atoms with Gasteiger partial charge in [0.1, 0.15) is 11.4 Å². The van der Waals surface area contributed by atoms with Gasteiger partial charge in [-0.05, 0) is 41.7 Å². The summed E-state index contributed by atoms with van der Waals surface area (Å²) in [6.45, 7) is 3.64. The van der Waals surface area contributed by atoms with Gasteiger partial charge in [0.25, 0.3) is 0 Å². The van der Waals surface area contributed by atoms with E-state index in [9.17, 15) is 15.0 Å². The molecule has 4 aliphatic rings. The van der Waals surface area contributed by atoms with Crippen molar-refractivity contribution in [2.24, 2.45) is 10.5 Å². The normalized spacial score (nSPS) is 39.2. The Balaban J connectivity index is 1.80. The minimum Gasteiger partial charge on any atom is -0.497 e. The van der Waals surface area contributed by atoms with Gasteiger partial charge in [-0.2, -0.15) is 0 Å². The summed E-state index contributed by atoms with van der Waals surface area (Å²) in [4.78, 5) is 19.5. The van der Waals surface area contributed by atoms with Crippen molar-refractivity contribution in [3.63, 3.8) is 0 Å². The van der Waals surface area contributed by atoms with E-state index < -0.39 is 40.9 Å². The number of nitrogens with zero attached hydrogens (tertiary/aromatic N) is 5. The average Bonchev–Trinajstić information content (AvgIpc) is 3.29. The fourth-order valence-corrected chi connectivity index (χ4v) is 7.62. The zero-order valence-electron chi connectivity index (χ0n) is 18.6. The maximum absolute atomic E-state index is 12.5. The van der Waals surface area contributed by atoms with E-state index >= 15 is 0 Å². The van der Waals surface area contributed by atoms with Crippen LogP contribution in [0.1, 0.15) is 31.7 Å². The SMILES string of the molecule is CC[C@]12C=CCN3CCC4(c5ccc(OC)cc5N(C)C4[C@@](O)(CC(=O)N=[N+]=[N-])[C@@H]1O)C32. The molecule has 1 aromatic carbocycles. The summed E-state index contributed by atoms with van der Waals surface area (Å²) in [6.07, 6.45) is 3.85. The van der Waals surface area contributed by atoms with Gasteiger partial charge in [0, 0.05) is 53.6 Å². The molecular formula is C23H29N5O4. The Bertz CT molecular complexity index is 1050. The Morgan fingerprint density at radius 2 is 2.19 bits per heavy atom. The van der Waals surface area contributed by atoms with Crippen LogP contribution in [0.3, 0.4) is 0 Å². The second kappa shape index (κ2) is 6.96. The van der Waals surface area contributed by atoms with Crippen LogP contribution in [0.2, 0.25) is 0 Å². The first-order valence-corrected chi connectivity index (χ1v) is 11.1. The van der Waals surface area contributed by atoms with E-state index in [4.69, 9.17) is 10.3 Å². The summed E-state index contributed by atoms with van der Waals surface area (Å²) < 4.78 is 5.47. The highest BCUT2D eigenvalue weighted by Crippen LogP contribution is 2.67. The molecule has 32 heavy (non-hydrogen) atoms. The van der Waals surface area contributed by atoms with Crippen LogP contribution in [0.4, 0.5) is 5.69 Å². The number of benzene rings is 1. The predicted octanol–water partition coefficient (Wildman–Crippen LogP) is 2.12. The molecule has 3 heterocycles. The van der Waals surface area contributed by atoms with E-state index in [1.165, 1.54) is 0 Å². The summed E-state index contributed by atoms with van der Waals surface area (Å²) >= 11 is 0. The first-order valence-electron chi connectivity index (χ1n) is 11.1. The topological polar surface area (TPSA) is 122 Å². The minimum atomic E-state index is -1.81. The largest absolute Gasteiger partial charge is 0.497 e. The summed E-state index contributed by atoms with van der Waals surface area (Å²) in [5.74, 6) is -0.0643. The third kappa shape index (κ3) is 2.34. The second-order valence-electron chi connectivity index (χ2n) is 9.61. The summed E-state index contributed by atoms with van der Waals surface area (Å²) in [5.41, 5.74) is 7.78. The number of aliphatic hydroxyl groups is 2. The van der Waals surface area contributed by atoms with Gasteiger partial charge in [0.15, 0.2) is 0 Å². The van der Waals surface area contributed by atoms with Crippen molar-refractivity contribution >= 4 is 11.6 Å². The van der Waals surface area contributed by atoms with Crippen LogP contribution in [-0.2, 0) is 10.2 Å². The van der Waals surface area contributed by atoms with Crippen LogP contribution < -0.4 is 9.64 Å². The molecule has 1 saturated carbocycles. The number of ether oxygens (including phenoxy) is 1. The maximum Gasteiger partial charge on any atom is 0.221 e. The molecule has 1 spiro atoms. The number of methoxy groups -OCH3 is 1. The van der Waals surface area contributed by atoms with Crippen LogP contribution in [0.15, 0.2) is 35.5 Å². The molecule has 1 aliphatic carbocycles. The number of amides is 1. The van der Waals surface area contributed by atoms with Gasteiger partial charge in [-0.15, -0.1) is 0 Å². The molecule has 9 heteroatoms. The Labute approximate surface area is 186 Å². The fourth-order valence-electron chi connectivity index (χ4n) is 7.62. The summed E-state index contributed by atoms with van der Waals surface area (Å²) in [7, 11) is 3.51. The second-order valence-corrected chi connectivity index (χ2v) is 9.61. The molecule has 9 nitrogen and oxygen atoms in total. The van der Waals surface area contributed by atoms with Gasteiger partial charge >= 0.3 is 0 Å². The van der Waals surface area contributed by atoms with Gasteiger partial charge in [0.05, 0.1) is 19.3 Å². The van der Waals surface area contributed by atoms with Crippen molar-refractivity contribution in [2.75, 3.05) is 32.1 Å². The summed E-state index contributed by atoms with van der Waals surface area (Å²) in [5, 5.41) is 27.3. The molecule has 0 radical (unpaired) electrons. The van der Waals surface area contributed by atoms with Crippen LogP contribution in [-0.4, -0.2) is 72.1 Å². The van der Waals surface area contributed by atoms with Crippen molar-refractivity contribution in [2.45, 2.75) is 55.4 Å². The smallest absolute Gasteiger partial charge is 0.221 e. The van der Waals surface area contributed by atoms with E-state index in [2.05, 4.69) is 27.1 Å². The number of azide groups is 1. The number of anilines is 1. The molecule has 5 rings (SSSR count). The van der Waals surface area contributed by atoms with Crippen molar-refractivity contribution < 1.29 is 19.7 Å². The molecule has 0 bridgehead atoms. The molecule has 1 saturated heterocycles. The quantitative estimate of drug-likeness (QED) is 0.321. The van der Waals surface area contributed by atoms with Crippen molar-refractivity contribution in [1.29, 1.82) is 0 Å².